The Kier molecular flexibility index (Phi) is 3.26. The summed E-state index contributed by atoms with van der Waals surface area (Å²) >= 11 is 10.3. The van der Waals surface area contributed by atoms with Gasteiger partial charge in [-0.25, -0.2) is 0 Å². The fourth-order valence-electron chi connectivity index (χ4n) is 0.0398. The fraction of sp³-hybridized carbons (Fsp3) is 1.00. The van der Waals surface area contributed by atoms with Gasteiger partial charge in [0.1, 0.15) is 0 Å². The zero-order chi connectivity index (χ0) is 6.78. The maximum Gasteiger partial charge on any atom is 0.401 e. The SMILES string of the molecule is C[Si](O)(OO)C(Cl)Cl. The summed E-state index contributed by atoms with van der Waals surface area (Å²) in [6.07, 6.45) is 0. The molecule has 0 aliphatic heterocycles. The highest BCUT2D eigenvalue weighted by molar-refractivity contribution is 6.83. The van der Waals surface area contributed by atoms with E-state index in [-0.39, 0.29) is 0 Å². The fourth-order valence-corrected chi connectivity index (χ4v) is 0.359. The van der Waals surface area contributed by atoms with Crippen LogP contribution in [0.4, 0.5) is 0 Å². The average molecular weight is 177 g/mol. The molecule has 0 spiro atoms. The third-order valence-electron chi connectivity index (χ3n) is 0.590. The van der Waals surface area contributed by atoms with Gasteiger partial charge in [-0.3, -0.25) is 9.83 Å². The van der Waals surface area contributed by atoms with E-state index < -0.39 is 13.0 Å². The monoisotopic (exact) mass is 176 g/mol. The summed E-state index contributed by atoms with van der Waals surface area (Å²) in [5.74, 6) is 0. The predicted octanol–water partition coefficient (Wildman–Crippen LogP) is 0.883. The first kappa shape index (κ1) is 8.68. The maximum atomic E-state index is 8.80. The van der Waals surface area contributed by atoms with Gasteiger partial charge in [0.2, 0.25) is 0 Å². The van der Waals surface area contributed by atoms with Crippen molar-refractivity contribution in [2.45, 2.75) is 11.0 Å². The zero-order valence-electron chi connectivity index (χ0n) is 4.14. The molecule has 0 radical (unpaired) electrons. The van der Waals surface area contributed by atoms with Gasteiger partial charge in [-0.05, 0) is 6.55 Å². The maximum absolute atomic E-state index is 8.80. The van der Waals surface area contributed by atoms with Gasteiger partial charge >= 0.3 is 8.56 Å². The van der Waals surface area contributed by atoms with Crippen molar-refractivity contribution >= 4 is 31.8 Å². The number of alkyl halides is 2. The van der Waals surface area contributed by atoms with E-state index in [9.17, 15) is 0 Å². The second kappa shape index (κ2) is 3.00. The molecule has 0 aliphatic carbocycles. The largest absolute Gasteiger partial charge is 0.408 e. The first-order chi connectivity index (χ1) is 3.50. The molecule has 1 atom stereocenters. The van der Waals surface area contributed by atoms with Gasteiger partial charge in [0.15, 0.2) is 4.46 Å². The van der Waals surface area contributed by atoms with Crippen LogP contribution in [0.3, 0.4) is 0 Å². The van der Waals surface area contributed by atoms with Gasteiger partial charge in [0.05, 0.1) is 0 Å². The Hall–Kier alpha value is 0.677. The second-order valence-electron chi connectivity index (χ2n) is 1.45. The van der Waals surface area contributed by atoms with E-state index in [0.717, 1.165) is 0 Å². The van der Waals surface area contributed by atoms with Crippen LogP contribution in [0.15, 0.2) is 0 Å². The first-order valence-electron chi connectivity index (χ1n) is 1.84. The Bertz CT molecular complexity index is 75.7. The van der Waals surface area contributed by atoms with Crippen molar-refractivity contribution in [2.24, 2.45) is 0 Å². The standard InChI is InChI=1S/C2H6Cl2O3Si/c1-8(6,7-5)2(3)4/h2,5-6H,1H3. The minimum absolute atomic E-state index is 1.02. The Morgan fingerprint density at radius 3 is 2.00 bits per heavy atom. The smallest absolute Gasteiger partial charge is 0.401 e. The van der Waals surface area contributed by atoms with Crippen molar-refractivity contribution in [3.8, 4) is 0 Å². The van der Waals surface area contributed by atoms with Crippen LogP contribution in [-0.4, -0.2) is 23.1 Å². The van der Waals surface area contributed by atoms with Crippen LogP contribution in [0.2, 0.25) is 6.55 Å². The van der Waals surface area contributed by atoms with Crippen molar-refractivity contribution in [3.05, 3.63) is 0 Å². The Balaban J connectivity index is 3.71. The summed E-state index contributed by atoms with van der Waals surface area (Å²) in [5.41, 5.74) is 0. The molecule has 0 saturated carbocycles. The van der Waals surface area contributed by atoms with Gasteiger partial charge in [0.25, 0.3) is 0 Å². The molecular formula is C2H6Cl2O3Si. The summed E-state index contributed by atoms with van der Waals surface area (Å²) in [6.45, 7) is 1.28. The quantitative estimate of drug-likeness (QED) is 0.285. The normalized spacial score (nSPS) is 18.8. The van der Waals surface area contributed by atoms with E-state index in [1.54, 1.807) is 0 Å². The topological polar surface area (TPSA) is 49.7 Å². The lowest BCUT2D eigenvalue weighted by Crippen LogP contribution is -2.41. The minimum Gasteiger partial charge on any atom is -0.408 e. The molecule has 0 fully saturated rings. The lowest BCUT2D eigenvalue weighted by atomic mass is 11.8. The molecule has 0 aromatic heterocycles. The molecule has 50 valence electrons. The molecule has 0 aromatic carbocycles. The van der Waals surface area contributed by atoms with E-state index in [2.05, 4.69) is 4.58 Å². The molecule has 0 rings (SSSR count). The molecule has 0 aliphatic rings. The minimum atomic E-state index is -3.17. The summed E-state index contributed by atoms with van der Waals surface area (Å²) in [4.78, 5) is 8.80. The highest BCUT2D eigenvalue weighted by Crippen LogP contribution is 2.14. The molecular weight excluding hydrogens is 171 g/mol. The molecule has 1 unspecified atom stereocenters. The predicted molar refractivity (Wildman–Crippen MR) is 33.0 cm³/mol. The molecule has 0 bridgehead atoms. The first-order valence-corrected chi connectivity index (χ1v) is 5.14. The molecule has 3 nitrogen and oxygen atoms in total. The van der Waals surface area contributed by atoms with Gasteiger partial charge in [0, 0.05) is 0 Å². The number of hydrogen-bond acceptors (Lipinski definition) is 3. The van der Waals surface area contributed by atoms with Crippen LogP contribution in [0.25, 0.3) is 0 Å². The third kappa shape index (κ3) is 2.30. The zero-order valence-corrected chi connectivity index (χ0v) is 6.65. The molecule has 0 heterocycles. The van der Waals surface area contributed by atoms with Crippen LogP contribution >= 0.6 is 23.2 Å². The Morgan fingerprint density at radius 1 is 1.62 bits per heavy atom. The van der Waals surface area contributed by atoms with Crippen LogP contribution in [0.5, 0.6) is 0 Å². The lowest BCUT2D eigenvalue weighted by molar-refractivity contribution is -0.165. The highest BCUT2D eigenvalue weighted by atomic mass is 35.5. The molecule has 0 amide bonds. The van der Waals surface area contributed by atoms with E-state index >= 15 is 0 Å². The van der Waals surface area contributed by atoms with Crippen molar-refractivity contribution < 1.29 is 14.6 Å². The number of rotatable bonds is 2. The van der Waals surface area contributed by atoms with Gasteiger partial charge in [-0.15, -0.1) is 23.2 Å². The lowest BCUT2D eigenvalue weighted by Gasteiger charge is -2.14. The summed E-state index contributed by atoms with van der Waals surface area (Å²) < 4.78 is 2.61. The van der Waals surface area contributed by atoms with Crippen molar-refractivity contribution in [3.63, 3.8) is 0 Å². The van der Waals surface area contributed by atoms with Crippen molar-refractivity contribution in [2.75, 3.05) is 0 Å². The van der Waals surface area contributed by atoms with E-state index in [0.29, 0.717) is 0 Å². The van der Waals surface area contributed by atoms with Crippen LogP contribution in [0.1, 0.15) is 0 Å². The third-order valence-corrected chi connectivity index (χ3v) is 4.20. The molecule has 2 N–H and O–H groups in total. The van der Waals surface area contributed by atoms with E-state index in [1.165, 1.54) is 6.55 Å². The average Bonchev–Trinajstić information content (AvgIpc) is 1.67. The van der Waals surface area contributed by atoms with Gasteiger partial charge in [-0.1, -0.05) is 0 Å². The van der Waals surface area contributed by atoms with Crippen LogP contribution in [-0.2, 0) is 4.58 Å². The molecule has 0 saturated heterocycles. The number of hydrogen-bond donors (Lipinski definition) is 2. The van der Waals surface area contributed by atoms with Crippen LogP contribution in [0, 0.1) is 0 Å². The summed E-state index contributed by atoms with van der Waals surface area (Å²) in [6, 6.07) is 0. The van der Waals surface area contributed by atoms with Gasteiger partial charge in [-0.2, -0.15) is 0 Å². The summed E-state index contributed by atoms with van der Waals surface area (Å²) in [5, 5.41) is 7.91. The van der Waals surface area contributed by atoms with Crippen molar-refractivity contribution in [1.29, 1.82) is 0 Å². The van der Waals surface area contributed by atoms with Crippen LogP contribution < -0.4 is 0 Å². The van der Waals surface area contributed by atoms with E-state index in [4.69, 9.17) is 33.3 Å². The highest BCUT2D eigenvalue weighted by Gasteiger charge is 2.36. The Labute approximate surface area is 58.0 Å². The Morgan fingerprint density at radius 2 is 2.00 bits per heavy atom. The second-order valence-corrected chi connectivity index (χ2v) is 6.14. The summed E-state index contributed by atoms with van der Waals surface area (Å²) in [7, 11) is -3.17. The molecule has 8 heavy (non-hydrogen) atoms. The molecule has 6 heteroatoms. The van der Waals surface area contributed by atoms with E-state index in [1.807, 2.05) is 0 Å². The number of halogens is 2. The van der Waals surface area contributed by atoms with Crippen molar-refractivity contribution in [1.82, 2.24) is 0 Å². The van der Waals surface area contributed by atoms with Gasteiger partial charge < -0.3 is 4.80 Å². The molecule has 0 aromatic rings.